The normalized spacial score (nSPS) is 19.7. The number of piperidine rings is 1. The SMILES string of the molecule is CC(=O)N1CCC(O)(CNCCN(C)C)CC1. The molecule has 0 bridgehead atoms. The van der Waals surface area contributed by atoms with Gasteiger partial charge in [0.2, 0.25) is 5.91 Å². The first-order valence-corrected chi connectivity index (χ1v) is 6.26. The van der Waals surface area contributed by atoms with E-state index in [9.17, 15) is 9.90 Å². The van der Waals surface area contributed by atoms with Crippen molar-refractivity contribution in [1.82, 2.24) is 15.1 Å². The van der Waals surface area contributed by atoms with Crippen molar-refractivity contribution in [3.63, 3.8) is 0 Å². The van der Waals surface area contributed by atoms with E-state index in [2.05, 4.69) is 10.2 Å². The van der Waals surface area contributed by atoms with Gasteiger partial charge >= 0.3 is 0 Å². The lowest BCUT2D eigenvalue weighted by molar-refractivity contribution is -0.132. The number of nitrogens with zero attached hydrogens (tertiary/aromatic N) is 2. The number of carbonyl (C=O) groups is 1. The van der Waals surface area contributed by atoms with Crippen molar-refractivity contribution < 1.29 is 9.90 Å². The molecule has 5 heteroatoms. The average molecular weight is 243 g/mol. The molecular formula is C12H25N3O2. The second-order valence-corrected chi connectivity index (χ2v) is 5.21. The maximum absolute atomic E-state index is 11.2. The number of likely N-dealkylation sites (tertiary alicyclic amines) is 1. The molecule has 0 aromatic rings. The van der Waals surface area contributed by atoms with Crippen LogP contribution in [0.25, 0.3) is 0 Å². The van der Waals surface area contributed by atoms with E-state index in [4.69, 9.17) is 0 Å². The minimum Gasteiger partial charge on any atom is -0.388 e. The minimum absolute atomic E-state index is 0.104. The first-order chi connectivity index (χ1) is 7.93. The molecule has 100 valence electrons. The van der Waals surface area contributed by atoms with Gasteiger partial charge in [-0.3, -0.25) is 4.79 Å². The lowest BCUT2D eigenvalue weighted by Gasteiger charge is -2.38. The van der Waals surface area contributed by atoms with E-state index < -0.39 is 5.60 Å². The van der Waals surface area contributed by atoms with Crippen LogP contribution in [0.5, 0.6) is 0 Å². The minimum atomic E-state index is -0.641. The van der Waals surface area contributed by atoms with Crippen molar-refractivity contribution in [3.8, 4) is 0 Å². The summed E-state index contributed by atoms with van der Waals surface area (Å²) in [6.07, 6.45) is 1.34. The Bertz CT molecular complexity index is 248. The van der Waals surface area contributed by atoms with E-state index >= 15 is 0 Å². The smallest absolute Gasteiger partial charge is 0.219 e. The molecule has 1 rings (SSSR count). The zero-order valence-corrected chi connectivity index (χ0v) is 11.2. The Morgan fingerprint density at radius 1 is 1.41 bits per heavy atom. The predicted octanol–water partition coefficient (Wildman–Crippen LogP) is -0.489. The monoisotopic (exact) mass is 243 g/mol. The first-order valence-electron chi connectivity index (χ1n) is 6.26. The van der Waals surface area contributed by atoms with E-state index in [1.54, 1.807) is 11.8 Å². The van der Waals surface area contributed by atoms with Crippen molar-refractivity contribution in [2.24, 2.45) is 0 Å². The van der Waals surface area contributed by atoms with Crippen molar-refractivity contribution in [2.45, 2.75) is 25.4 Å². The molecule has 1 amide bonds. The highest BCUT2D eigenvalue weighted by atomic mass is 16.3. The Balaban J connectivity index is 2.22. The van der Waals surface area contributed by atoms with Crippen molar-refractivity contribution in [2.75, 3.05) is 46.8 Å². The zero-order chi connectivity index (χ0) is 12.9. The molecule has 0 saturated carbocycles. The molecule has 0 aliphatic carbocycles. The van der Waals surface area contributed by atoms with Crippen molar-refractivity contribution in [3.05, 3.63) is 0 Å². The Hall–Kier alpha value is -0.650. The maximum atomic E-state index is 11.2. The number of amides is 1. The van der Waals surface area contributed by atoms with Crippen LogP contribution in [-0.2, 0) is 4.79 Å². The lowest BCUT2D eigenvalue weighted by Crippen LogP contribution is -2.51. The number of rotatable bonds is 5. The number of likely N-dealkylation sites (N-methyl/N-ethyl adjacent to an activating group) is 1. The third-order valence-electron chi connectivity index (χ3n) is 3.33. The molecule has 0 aromatic heterocycles. The molecule has 1 aliphatic heterocycles. The summed E-state index contributed by atoms with van der Waals surface area (Å²) in [6, 6.07) is 0. The first kappa shape index (κ1) is 14.4. The summed E-state index contributed by atoms with van der Waals surface area (Å²) in [5, 5.41) is 13.6. The van der Waals surface area contributed by atoms with Gasteiger partial charge < -0.3 is 20.2 Å². The summed E-state index contributed by atoms with van der Waals surface area (Å²) in [7, 11) is 4.06. The van der Waals surface area contributed by atoms with Crippen LogP contribution < -0.4 is 5.32 Å². The van der Waals surface area contributed by atoms with Gasteiger partial charge in [-0.25, -0.2) is 0 Å². The van der Waals surface area contributed by atoms with Gasteiger partial charge in [0.15, 0.2) is 0 Å². The summed E-state index contributed by atoms with van der Waals surface area (Å²) in [4.78, 5) is 15.1. The van der Waals surface area contributed by atoms with Crippen LogP contribution in [0, 0.1) is 0 Å². The number of nitrogens with one attached hydrogen (secondary N) is 1. The van der Waals surface area contributed by atoms with E-state index in [-0.39, 0.29) is 5.91 Å². The van der Waals surface area contributed by atoms with Crippen LogP contribution in [0.15, 0.2) is 0 Å². The van der Waals surface area contributed by atoms with Crippen LogP contribution in [0.2, 0.25) is 0 Å². The zero-order valence-electron chi connectivity index (χ0n) is 11.2. The second kappa shape index (κ2) is 6.33. The van der Waals surface area contributed by atoms with Crippen molar-refractivity contribution >= 4 is 5.91 Å². The maximum Gasteiger partial charge on any atom is 0.219 e. The number of carbonyl (C=O) groups excluding carboxylic acids is 1. The number of hydrogen-bond donors (Lipinski definition) is 2. The fourth-order valence-corrected chi connectivity index (χ4v) is 2.04. The summed E-state index contributed by atoms with van der Waals surface area (Å²) in [5.74, 6) is 0.104. The van der Waals surface area contributed by atoms with Gasteiger partial charge in [-0.2, -0.15) is 0 Å². The van der Waals surface area contributed by atoms with Gasteiger partial charge in [0.05, 0.1) is 5.60 Å². The number of hydrogen-bond acceptors (Lipinski definition) is 4. The third kappa shape index (κ3) is 5.02. The molecule has 0 aromatic carbocycles. The molecule has 1 fully saturated rings. The van der Waals surface area contributed by atoms with E-state index in [0.29, 0.717) is 32.5 Å². The molecule has 1 aliphatic rings. The van der Waals surface area contributed by atoms with Crippen LogP contribution in [-0.4, -0.2) is 73.2 Å². The summed E-state index contributed by atoms with van der Waals surface area (Å²) in [6.45, 7) is 5.38. The molecule has 2 N–H and O–H groups in total. The molecule has 0 spiro atoms. The van der Waals surface area contributed by atoms with Gasteiger partial charge in [0.25, 0.3) is 0 Å². The summed E-state index contributed by atoms with van der Waals surface area (Å²) < 4.78 is 0. The molecule has 0 unspecified atom stereocenters. The Kier molecular flexibility index (Phi) is 5.36. The topological polar surface area (TPSA) is 55.8 Å². The van der Waals surface area contributed by atoms with Crippen LogP contribution >= 0.6 is 0 Å². The van der Waals surface area contributed by atoms with Crippen LogP contribution in [0.1, 0.15) is 19.8 Å². The molecule has 17 heavy (non-hydrogen) atoms. The fraction of sp³-hybridized carbons (Fsp3) is 0.917. The van der Waals surface area contributed by atoms with E-state index in [0.717, 1.165) is 13.1 Å². The summed E-state index contributed by atoms with van der Waals surface area (Å²) in [5.41, 5.74) is -0.641. The number of aliphatic hydroxyl groups is 1. The standard InChI is InChI=1S/C12H25N3O2/c1-11(16)15-7-4-12(17,5-8-15)10-13-6-9-14(2)3/h13,17H,4-10H2,1-3H3. The molecule has 0 radical (unpaired) electrons. The van der Waals surface area contributed by atoms with Gasteiger partial charge in [-0.15, -0.1) is 0 Å². The molecule has 5 nitrogen and oxygen atoms in total. The second-order valence-electron chi connectivity index (χ2n) is 5.21. The van der Waals surface area contributed by atoms with Crippen LogP contribution in [0.3, 0.4) is 0 Å². The third-order valence-corrected chi connectivity index (χ3v) is 3.33. The molecule has 1 saturated heterocycles. The Labute approximate surface area is 104 Å². The highest BCUT2D eigenvalue weighted by molar-refractivity contribution is 5.73. The van der Waals surface area contributed by atoms with Crippen LogP contribution in [0.4, 0.5) is 0 Å². The fourth-order valence-electron chi connectivity index (χ4n) is 2.04. The van der Waals surface area contributed by atoms with Gasteiger partial charge in [0, 0.05) is 39.6 Å². The van der Waals surface area contributed by atoms with Gasteiger partial charge in [0.1, 0.15) is 0 Å². The molecule has 1 heterocycles. The van der Waals surface area contributed by atoms with E-state index in [1.165, 1.54) is 0 Å². The van der Waals surface area contributed by atoms with Crippen molar-refractivity contribution in [1.29, 1.82) is 0 Å². The predicted molar refractivity (Wildman–Crippen MR) is 67.9 cm³/mol. The molecule has 0 atom stereocenters. The summed E-state index contributed by atoms with van der Waals surface area (Å²) >= 11 is 0. The lowest BCUT2D eigenvalue weighted by atomic mass is 9.91. The quantitative estimate of drug-likeness (QED) is 0.640. The van der Waals surface area contributed by atoms with Gasteiger partial charge in [-0.05, 0) is 26.9 Å². The molecular weight excluding hydrogens is 218 g/mol. The van der Waals surface area contributed by atoms with E-state index in [1.807, 2.05) is 14.1 Å². The highest BCUT2D eigenvalue weighted by Gasteiger charge is 2.32. The average Bonchev–Trinajstić information content (AvgIpc) is 2.25. The Morgan fingerprint density at radius 2 is 2.00 bits per heavy atom. The Morgan fingerprint density at radius 3 is 2.47 bits per heavy atom. The van der Waals surface area contributed by atoms with Gasteiger partial charge in [-0.1, -0.05) is 0 Å². The highest BCUT2D eigenvalue weighted by Crippen LogP contribution is 2.21. The largest absolute Gasteiger partial charge is 0.388 e.